The summed E-state index contributed by atoms with van der Waals surface area (Å²) in [7, 11) is 0. The van der Waals surface area contributed by atoms with Crippen LogP contribution in [0.2, 0.25) is 0 Å². The van der Waals surface area contributed by atoms with Gasteiger partial charge < -0.3 is 24.8 Å². The Morgan fingerprint density at radius 1 is 1.06 bits per heavy atom. The van der Waals surface area contributed by atoms with Gasteiger partial charge in [-0.1, -0.05) is 0 Å². The van der Waals surface area contributed by atoms with Gasteiger partial charge in [0, 0.05) is 58.1 Å². The Kier molecular flexibility index (Phi) is 8.06. The van der Waals surface area contributed by atoms with Gasteiger partial charge in [-0.15, -0.1) is 0 Å². The standard InChI is InChI=1S/C22H36N6O3/c1-22(2,3)31-21(30)25-17-18-5-10-26(11-6-18)12-7-19(29)27-13-15-28(16-14-27)20-23-8-4-9-24-20/h4,8-9,18H,5-7,10-17H2,1-3H3,(H,25,30). The number of carbonyl (C=O) groups excluding carboxylic acids is 2. The molecule has 2 aliphatic rings. The van der Waals surface area contributed by atoms with Crippen LogP contribution >= 0.6 is 0 Å². The second-order valence-electron chi connectivity index (χ2n) is 9.33. The van der Waals surface area contributed by atoms with E-state index in [0.717, 1.165) is 64.6 Å². The largest absolute Gasteiger partial charge is 0.444 e. The van der Waals surface area contributed by atoms with Crippen molar-refractivity contribution in [1.29, 1.82) is 0 Å². The topological polar surface area (TPSA) is 90.9 Å². The highest BCUT2D eigenvalue weighted by Gasteiger charge is 2.25. The Morgan fingerprint density at radius 2 is 1.71 bits per heavy atom. The number of piperidine rings is 1. The minimum atomic E-state index is -0.470. The Morgan fingerprint density at radius 3 is 2.32 bits per heavy atom. The fourth-order valence-electron chi connectivity index (χ4n) is 3.98. The number of carbonyl (C=O) groups is 2. The quantitative estimate of drug-likeness (QED) is 0.732. The molecule has 2 amide bonds. The van der Waals surface area contributed by atoms with Gasteiger partial charge in [0.25, 0.3) is 0 Å². The minimum Gasteiger partial charge on any atom is -0.444 e. The van der Waals surface area contributed by atoms with Crippen LogP contribution in [0.4, 0.5) is 10.7 Å². The van der Waals surface area contributed by atoms with Gasteiger partial charge in [0.1, 0.15) is 5.60 Å². The maximum absolute atomic E-state index is 12.6. The van der Waals surface area contributed by atoms with Crippen LogP contribution in [-0.4, -0.2) is 89.7 Å². The molecule has 0 aliphatic carbocycles. The molecule has 2 fully saturated rings. The number of nitrogens with zero attached hydrogens (tertiary/aromatic N) is 5. The summed E-state index contributed by atoms with van der Waals surface area (Å²) in [5.41, 5.74) is -0.470. The van der Waals surface area contributed by atoms with Gasteiger partial charge in [-0.25, -0.2) is 14.8 Å². The average molecular weight is 433 g/mol. The molecule has 1 N–H and O–H groups in total. The average Bonchev–Trinajstić information content (AvgIpc) is 2.76. The first-order valence-corrected chi connectivity index (χ1v) is 11.3. The molecule has 31 heavy (non-hydrogen) atoms. The van der Waals surface area contributed by atoms with E-state index in [0.29, 0.717) is 18.9 Å². The molecule has 2 aliphatic heterocycles. The number of rotatable bonds is 6. The summed E-state index contributed by atoms with van der Waals surface area (Å²) in [5, 5.41) is 2.88. The predicted octanol–water partition coefficient (Wildman–Crippen LogP) is 1.75. The van der Waals surface area contributed by atoms with Gasteiger partial charge in [-0.3, -0.25) is 4.79 Å². The van der Waals surface area contributed by atoms with Gasteiger partial charge in [-0.05, 0) is 58.7 Å². The number of nitrogens with one attached hydrogen (secondary N) is 1. The number of piperazine rings is 1. The smallest absolute Gasteiger partial charge is 0.407 e. The summed E-state index contributed by atoms with van der Waals surface area (Å²) in [5.74, 6) is 1.42. The highest BCUT2D eigenvalue weighted by Crippen LogP contribution is 2.17. The summed E-state index contributed by atoms with van der Waals surface area (Å²) in [6.07, 6.45) is 5.76. The highest BCUT2D eigenvalue weighted by atomic mass is 16.6. The molecule has 9 nitrogen and oxygen atoms in total. The van der Waals surface area contributed by atoms with Crippen LogP contribution in [0.15, 0.2) is 18.5 Å². The van der Waals surface area contributed by atoms with Crippen LogP contribution in [0, 0.1) is 5.92 Å². The molecule has 3 heterocycles. The van der Waals surface area contributed by atoms with Crippen LogP contribution in [0.25, 0.3) is 0 Å². The number of aromatic nitrogens is 2. The number of amides is 2. The van der Waals surface area contributed by atoms with Gasteiger partial charge in [-0.2, -0.15) is 0 Å². The second kappa shape index (κ2) is 10.7. The molecule has 0 bridgehead atoms. The summed E-state index contributed by atoms with van der Waals surface area (Å²) in [4.78, 5) is 39.4. The number of hydrogen-bond donors (Lipinski definition) is 1. The molecule has 3 rings (SSSR count). The van der Waals surface area contributed by atoms with Crippen molar-refractivity contribution in [3.8, 4) is 0 Å². The summed E-state index contributed by atoms with van der Waals surface area (Å²) < 4.78 is 5.29. The van der Waals surface area contributed by atoms with E-state index in [2.05, 4.69) is 25.1 Å². The van der Waals surface area contributed by atoms with E-state index >= 15 is 0 Å². The van der Waals surface area contributed by atoms with Crippen LogP contribution in [0.3, 0.4) is 0 Å². The highest BCUT2D eigenvalue weighted by molar-refractivity contribution is 5.76. The van der Waals surface area contributed by atoms with E-state index < -0.39 is 5.60 Å². The molecule has 2 saturated heterocycles. The molecule has 0 spiro atoms. The van der Waals surface area contributed by atoms with Crippen LogP contribution in [-0.2, 0) is 9.53 Å². The first kappa shape index (κ1) is 23.2. The Balaban J connectivity index is 1.29. The van der Waals surface area contributed by atoms with Crippen LogP contribution < -0.4 is 10.2 Å². The molecule has 0 unspecified atom stereocenters. The second-order valence-corrected chi connectivity index (χ2v) is 9.33. The first-order valence-electron chi connectivity index (χ1n) is 11.3. The molecule has 172 valence electrons. The fraction of sp³-hybridized carbons (Fsp3) is 0.727. The maximum Gasteiger partial charge on any atom is 0.407 e. The van der Waals surface area contributed by atoms with Crippen molar-refractivity contribution in [2.24, 2.45) is 5.92 Å². The zero-order valence-corrected chi connectivity index (χ0v) is 19.0. The number of alkyl carbamates (subject to hydrolysis) is 1. The zero-order valence-electron chi connectivity index (χ0n) is 19.0. The van der Waals surface area contributed by atoms with Gasteiger partial charge >= 0.3 is 6.09 Å². The molecule has 0 radical (unpaired) electrons. The minimum absolute atomic E-state index is 0.224. The lowest BCUT2D eigenvalue weighted by molar-refractivity contribution is -0.131. The number of ether oxygens (including phenoxy) is 1. The lowest BCUT2D eigenvalue weighted by Gasteiger charge is -2.36. The third kappa shape index (κ3) is 7.65. The van der Waals surface area contributed by atoms with E-state index in [1.807, 2.05) is 31.7 Å². The Labute approximate surface area is 185 Å². The van der Waals surface area contributed by atoms with Gasteiger partial charge in [0.2, 0.25) is 11.9 Å². The monoisotopic (exact) mass is 432 g/mol. The van der Waals surface area contributed by atoms with E-state index in [1.54, 1.807) is 12.4 Å². The molecule has 1 aromatic rings. The van der Waals surface area contributed by atoms with E-state index in [4.69, 9.17) is 4.74 Å². The molecular weight excluding hydrogens is 396 g/mol. The summed E-state index contributed by atoms with van der Waals surface area (Å²) in [6, 6.07) is 1.81. The molecule has 0 atom stereocenters. The van der Waals surface area contributed by atoms with Crippen molar-refractivity contribution in [1.82, 2.24) is 25.1 Å². The Hall–Kier alpha value is -2.42. The summed E-state index contributed by atoms with van der Waals surface area (Å²) >= 11 is 0. The number of anilines is 1. The van der Waals surface area contributed by atoms with E-state index in [1.165, 1.54) is 0 Å². The van der Waals surface area contributed by atoms with E-state index in [-0.39, 0.29) is 12.0 Å². The molecular formula is C22H36N6O3. The van der Waals surface area contributed by atoms with Gasteiger partial charge in [0.05, 0.1) is 0 Å². The number of hydrogen-bond acceptors (Lipinski definition) is 7. The Bertz CT molecular complexity index is 708. The molecule has 0 aromatic carbocycles. The molecule has 9 heteroatoms. The number of likely N-dealkylation sites (tertiary alicyclic amines) is 1. The molecule has 1 aromatic heterocycles. The third-order valence-corrected chi connectivity index (χ3v) is 5.75. The van der Waals surface area contributed by atoms with Crippen molar-refractivity contribution < 1.29 is 14.3 Å². The van der Waals surface area contributed by atoms with Crippen molar-refractivity contribution in [2.45, 2.75) is 45.6 Å². The zero-order chi connectivity index (χ0) is 22.3. The molecule has 0 saturated carbocycles. The lowest BCUT2D eigenvalue weighted by Crippen LogP contribution is -2.50. The van der Waals surface area contributed by atoms with Crippen molar-refractivity contribution >= 4 is 17.9 Å². The van der Waals surface area contributed by atoms with Crippen LogP contribution in [0.5, 0.6) is 0 Å². The van der Waals surface area contributed by atoms with Crippen molar-refractivity contribution in [2.75, 3.05) is 57.3 Å². The third-order valence-electron chi connectivity index (χ3n) is 5.75. The normalized spacial score (nSPS) is 18.7. The fourth-order valence-corrected chi connectivity index (χ4v) is 3.98. The van der Waals surface area contributed by atoms with Crippen molar-refractivity contribution in [3.63, 3.8) is 0 Å². The summed E-state index contributed by atoms with van der Waals surface area (Å²) in [6.45, 7) is 11.9. The van der Waals surface area contributed by atoms with Crippen LogP contribution in [0.1, 0.15) is 40.0 Å². The van der Waals surface area contributed by atoms with Gasteiger partial charge in [0.15, 0.2) is 0 Å². The SMILES string of the molecule is CC(C)(C)OC(=O)NCC1CCN(CCC(=O)N2CCN(c3ncccn3)CC2)CC1. The maximum atomic E-state index is 12.6. The predicted molar refractivity (Wildman–Crippen MR) is 119 cm³/mol. The van der Waals surface area contributed by atoms with E-state index in [9.17, 15) is 9.59 Å². The van der Waals surface area contributed by atoms with Crippen molar-refractivity contribution in [3.05, 3.63) is 18.5 Å². The first-order chi connectivity index (χ1) is 14.8. The lowest BCUT2D eigenvalue weighted by atomic mass is 9.97.